The molecule has 0 saturated carbocycles. The Morgan fingerprint density at radius 1 is 1.41 bits per heavy atom. The van der Waals surface area contributed by atoms with Gasteiger partial charge in [-0.05, 0) is 48.0 Å². The standard InChI is InChI=1S/C15H12BrN3O3/c1-8-5-13(20)14(15(21)22-8)9(2)18-19-11-4-3-10(7-17)12(16)6-11/h3-6,9,20H,1-2H3. The third-order valence-electron chi connectivity index (χ3n) is 2.93. The van der Waals surface area contributed by atoms with Crippen LogP contribution in [0.3, 0.4) is 0 Å². The Hall–Kier alpha value is -2.46. The maximum atomic E-state index is 11.8. The number of nitrogens with zero attached hydrogens (tertiary/aromatic N) is 3. The van der Waals surface area contributed by atoms with Crippen LogP contribution in [0.2, 0.25) is 0 Å². The molecule has 0 spiro atoms. The van der Waals surface area contributed by atoms with Crippen molar-refractivity contribution in [3.05, 3.63) is 56.0 Å². The quantitative estimate of drug-likeness (QED) is 0.830. The number of rotatable bonds is 3. The number of halogens is 1. The molecule has 7 heteroatoms. The smallest absolute Gasteiger partial charge is 0.345 e. The summed E-state index contributed by atoms with van der Waals surface area (Å²) >= 11 is 3.26. The van der Waals surface area contributed by atoms with Crippen molar-refractivity contribution >= 4 is 21.6 Å². The van der Waals surface area contributed by atoms with Crippen molar-refractivity contribution in [2.24, 2.45) is 10.2 Å². The van der Waals surface area contributed by atoms with Crippen LogP contribution < -0.4 is 5.63 Å². The highest BCUT2D eigenvalue weighted by Crippen LogP contribution is 2.27. The van der Waals surface area contributed by atoms with E-state index in [1.54, 1.807) is 32.0 Å². The van der Waals surface area contributed by atoms with Crippen molar-refractivity contribution in [3.63, 3.8) is 0 Å². The second-order valence-electron chi connectivity index (χ2n) is 4.61. The zero-order valence-electron chi connectivity index (χ0n) is 11.9. The van der Waals surface area contributed by atoms with Gasteiger partial charge in [0.2, 0.25) is 0 Å². The van der Waals surface area contributed by atoms with Crippen molar-refractivity contribution in [1.29, 1.82) is 5.26 Å². The van der Waals surface area contributed by atoms with Crippen LogP contribution in [0.1, 0.15) is 29.9 Å². The lowest BCUT2D eigenvalue weighted by Gasteiger charge is -2.06. The number of hydrogen-bond acceptors (Lipinski definition) is 6. The van der Waals surface area contributed by atoms with Gasteiger partial charge in [0.25, 0.3) is 0 Å². The summed E-state index contributed by atoms with van der Waals surface area (Å²) in [4.78, 5) is 11.8. The van der Waals surface area contributed by atoms with E-state index in [4.69, 9.17) is 9.68 Å². The SMILES string of the molecule is Cc1cc(O)c(C(C)N=Nc2ccc(C#N)c(Br)c2)c(=O)o1. The highest BCUT2D eigenvalue weighted by atomic mass is 79.9. The number of aryl methyl sites for hydroxylation is 1. The molecule has 0 bridgehead atoms. The number of azo groups is 1. The Labute approximate surface area is 134 Å². The third kappa shape index (κ3) is 3.40. The van der Waals surface area contributed by atoms with Crippen molar-refractivity contribution in [2.45, 2.75) is 19.9 Å². The fourth-order valence-electron chi connectivity index (χ4n) is 1.86. The Kier molecular flexibility index (Phi) is 4.73. The Balaban J connectivity index is 2.29. The lowest BCUT2D eigenvalue weighted by atomic mass is 10.1. The monoisotopic (exact) mass is 361 g/mol. The molecular weight excluding hydrogens is 350 g/mol. The molecule has 0 aliphatic heterocycles. The molecule has 1 aromatic carbocycles. The second-order valence-corrected chi connectivity index (χ2v) is 5.47. The summed E-state index contributed by atoms with van der Waals surface area (Å²) in [6.45, 7) is 3.20. The van der Waals surface area contributed by atoms with Gasteiger partial charge in [-0.1, -0.05) is 0 Å². The minimum Gasteiger partial charge on any atom is -0.507 e. The van der Waals surface area contributed by atoms with Crippen molar-refractivity contribution < 1.29 is 9.52 Å². The molecule has 2 aromatic rings. The van der Waals surface area contributed by atoms with E-state index in [2.05, 4.69) is 26.2 Å². The van der Waals surface area contributed by atoms with Crippen LogP contribution in [-0.4, -0.2) is 5.11 Å². The summed E-state index contributed by atoms with van der Waals surface area (Å²) < 4.78 is 5.56. The van der Waals surface area contributed by atoms with E-state index in [9.17, 15) is 9.90 Å². The average Bonchev–Trinajstić information content (AvgIpc) is 2.44. The van der Waals surface area contributed by atoms with Crippen LogP contribution in [0.25, 0.3) is 0 Å². The predicted molar refractivity (Wildman–Crippen MR) is 83.2 cm³/mol. The molecule has 1 aromatic heterocycles. The molecule has 1 atom stereocenters. The Bertz CT molecular complexity index is 837. The highest BCUT2D eigenvalue weighted by molar-refractivity contribution is 9.10. The van der Waals surface area contributed by atoms with Gasteiger partial charge in [0.1, 0.15) is 29.2 Å². The molecular formula is C15H12BrN3O3. The summed E-state index contributed by atoms with van der Waals surface area (Å²) in [5.41, 5.74) is 0.435. The molecule has 22 heavy (non-hydrogen) atoms. The molecule has 0 aliphatic carbocycles. The summed E-state index contributed by atoms with van der Waals surface area (Å²) in [7, 11) is 0. The second kappa shape index (κ2) is 6.54. The molecule has 6 nitrogen and oxygen atoms in total. The van der Waals surface area contributed by atoms with Gasteiger partial charge < -0.3 is 9.52 Å². The first-order valence-electron chi connectivity index (χ1n) is 6.36. The van der Waals surface area contributed by atoms with E-state index < -0.39 is 11.7 Å². The molecule has 2 rings (SSSR count). The minimum atomic E-state index is -0.661. The third-order valence-corrected chi connectivity index (χ3v) is 3.58. The van der Waals surface area contributed by atoms with Crippen LogP contribution in [0.15, 0.2) is 48.2 Å². The van der Waals surface area contributed by atoms with Gasteiger partial charge in [-0.15, -0.1) is 0 Å². The molecule has 0 saturated heterocycles. The molecule has 0 amide bonds. The van der Waals surface area contributed by atoms with Gasteiger partial charge in [0, 0.05) is 10.5 Å². The molecule has 0 aliphatic rings. The topological polar surface area (TPSA) is 99.0 Å². The normalized spacial score (nSPS) is 12.3. The van der Waals surface area contributed by atoms with Crippen molar-refractivity contribution in [1.82, 2.24) is 0 Å². The van der Waals surface area contributed by atoms with Gasteiger partial charge in [0.05, 0.1) is 11.3 Å². The van der Waals surface area contributed by atoms with Crippen LogP contribution in [0.5, 0.6) is 5.75 Å². The molecule has 1 N–H and O–H groups in total. The average molecular weight is 362 g/mol. The van der Waals surface area contributed by atoms with E-state index in [1.165, 1.54) is 6.07 Å². The molecule has 1 unspecified atom stereocenters. The zero-order valence-corrected chi connectivity index (χ0v) is 13.5. The Morgan fingerprint density at radius 3 is 2.73 bits per heavy atom. The summed E-state index contributed by atoms with van der Waals surface area (Å²) in [5.74, 6) is 0.160. The van der Waals surface area contributed by atoms with Crippen LogP contribution in [0, 0.1) is 18.3 Å². The first-order valence-corrected chi connectivity index (χ1v) is 7.15. The molecule has 112 valence electrons. The lowest BCUT2D eigenvalue weighted by molar-refractivity contribution is 0.415. The van der Waals surface area contributed by atoms with Crippen molar-refractivity contribution in [2.75, 3.05) is 0 Å². The van der Waals surface area contributed by atoms with Crippen LogP contribution >= 0.6 is 15.9 Å². The van der Waals surface area contributed by atoms with Gasteiger partial charge >= 0.3 is 5.63 Å². The van der Waals surface area contributed by atoms with Crippen LogP contribution in [0.4, 0.5) is 5.69 Å². The Morgan fingerprint density at radius 2 is 2.14 bits per heavy atom. The lowest BCUT2D eigenvalue weighted by Crippen LogP contribution is -2.10. The highest BCUT2D eigenvalue weighted by Gasteiger charge is 2.16. The molecule has 0 radical (unpaired) electrons. The van der Waals surface area contributed by atoms with Gasteiger partial charge in [0.15, 0.2) is 0 Å². The minimum absolute atomic E-state index is 0.0575. The van der Waals surface area contributed by atoms with E-state index in [0.29, 0.717) is 21.5 Å². The first-order chi connectivity index (χ1) is 10.4. The first kappa shape index (κ1) is 15.9. The number of nitriles is 1. The van der Waals surface area contributed by atoms with Gasteiger partial charge in [-0.3, -0.25) is 0 Å². The number of benzene rings is 1. The zero-order chi connectivity index (χ0) is 16.3. The van der Waals surface area contributed by atoms with Crippen molar-refractivity contribution in [3.8, 4) is 11.8 Å². The summed E-state index contributed by atoms with van der Waals surface area (Å²) in [6.07, 6.45) is 0. The molecule has 0 fully saturated rings. The van der Waals surface area contributed by atoms with E-state index in [1.807, 2.05) is 6.07 Å². The van der Waals surface area contributed by atoms with Gasteiger partial charge in [-0.2, -0.15) is 15.5 Å². The largest absolute Gasteiger partial charge is 0.507 e. The van der Waals surface area contributed by atoms with Gasteiger partial charge in [-0.25, -0.2) is 4.79 Å². The van der Waals surface area contributed by atoms with E-state index in [-0.39, 0.29) is 11.3 Å². The maximum Gasteiger partial charge on any atom is 0.345 e. The predicted octanol–water partition coefficient (Wildman–Crippen LogP) is 4.13. The van der Waals surface area contributed by atoms with Crippen LogP contribution in [-0.2, 0) is 0 Å². The molecule has 1 heterocycles. The number of hydrogen-bond donors (Lipinski definition) is 1. The fourth-order valence-corrected chi connectivity index (χ4v) is 2.31. The summed E-state index contributed by atoms with van der Waals surface area (Å²) in [5, 5.41) is 26.7. The number of aromatic hydroxyl groups is 1. The maximum absolute atomic E-state index is 11.8. The van der Waals surface area contributed by atoms with E-state index >= 15 is 0 Å². The summed E-state index contributed by atoms with van der Waals surface area (Å²) in [6, 6.07) is 7.62. The fraction of sp³-hybridized carbons (Fsp3) is 0.200. The van der Waals surface area contributed by atoms with E-state index in [0.717, 1.165) is 0 Å².